The molecule has 0 saturated carbocycles. The minimum atomic E-state index is 0.501. The van der Waals surface area contributed by atoms with Gasteiger partial charge in [-0.3, -0.25) is 0 Å². The molecule has 14 heavy (non-hydrogen) atoms. The second-order valence-corrected chi connectivity index (χ2v) is 3.29. The van der Waals surface area contributed by atoms with Crippen LogP contribution in [0.1, 0.15) is 31.7 Å². The molecule has 0 radical (unpaired) electrons. The average molecular weight is 195 g/mol. The van der Waals surface area contributed by atoms with Crippen molar-refractivity contribution in [1.82, 2.24) is 4.98 Å². The number of pyridine rings is 1. The summed E-state index contributed by atoms with van der Waals surface area (Å²) in [6.45, 7) is 4.33. The summed E-state index contributed by atoms with van der Waals surface area (Å²) in [5.41, 5.74) is 1.20. The van der Waals surface area contributed by atoms with E-state index in [1.54, 1.807) is 14.2 Å². The van der Waals surface area contributed by atoms with E-state index in [4.69, 9.17) is 9.47 Å². The minimum Gasteiger partial charge on any atom is -0.481 e. The molecule has 1 unspecified atom stereocenters. The van der Waals surface area contributed by atoms with Gasteiger partial charge in [-0.2, -0.15) is 4.98 Å². The number of hydrogen-bond donors (Lipinski definition) is 0. The third-order valence-electron chi connectivity index (χ3n) is 2.40. The maximum Gasteiger partial charge on any atom is 0.216 e. The Morgan fingerprint density at radius 2 is 1.71 bits per heavy atom. The van der Waals surface area contributed by atoms with Gasteiger partial charge >= 0.3 is 0 Å². The predicted molar refractivity (Wildman–Crippen MR) is 56.0 cm³/mol. The van der Waals surface area contributed by atoms with Crippen LogP contribution in [-0.2, 0) is 0 Å². The lowest BCUT2D eigenvalue weighted by Gasteiger charge is -2.11. The van der Waals surface area contributed by atoms with E-state index in [9.17, 15) is 0 Å². The van der Waals surface area contributed by atoms with E-state index in [2.05, 4.69) is 18.8 Å². The van der Waals surface area contributed by atoms with E-state index in [1.165, 1.54) is 5.56 Å². The Balaban J connectivity index is 3.04. The van der Waals surface area contributed by atoms with Crippen LogP contribution in [-0.4, -0.2) is 19.2 Å². The number of hydrogen-bond acceptors (Lipinski definition) is 3. The van der Waals surface area contributed by atoms with Gasteiger partial charge in [0.2, 0.25) is 11.8 Å². The van der Waals surface area contributed by atoms with Crippen molar-refractivity contribution in [2.45, 2.75) is 26.2 Å². The Bertz CT molecular complexity index is 277. The first-order valence-electron chi connectivity index (χ1n) is 4.81. The summed E-state index contributed by atoms with van der Waals surface area (Å²) >= 11 is 0. The molecule has 78 valence electrons. The van der Waals surface area contributed by atoms with Gasteiger partial charge in [0.15, 0.2) is 0 Å². The Morgan fingerprint density at radius 3 is 2.07 bits per heavy atom. The molecule has 1 rings (SSSR count). The number of aromatic nitrogens is 1. The SMILES string of the molecule is CCC(C)c1cc(OC)nc(OC)c1. The lowest BCUT2D eigenvalue weighted by molar-refractivity contribution is 0.363. The smallest absolute Gasteiger partial charge is 0.216 e. The number of rotatable bonds is 4. The Kier molecular flexibility index (Phi) is 3.74. The summed E-state index contributed by atoms with van der Waals surface area (Å²) in [7, 11) is 3.23. The largest absolute Gasteiger partial charge is 0.481 e. The van der Waals surface area contributed by atoms with Crippen molar-refractivity contribution in [3.8, 4) is 11.8 Å². The molecule has 0 aliphatic carbocycles. The summed E-state index contributed by atoms with van der Waals surface area (Å²) in [4.78, 5) is 4.14. The summed E-state index contributed by atoms with van der Waals surface area (Å²) in [5.74, 6) is 1.72. The maximum absolute atomic E-state index is 5.10. The highest BCUT2D eigenvalue weighted by Gasteiger charge is 2.08. The summed E-state index contributed by atoms with van der Waals surface area (Å²) in [6.07, 6.45) is 1.09. The Labute approximate surface area is 85.1 Å². The Morgan fingerprint density at radius 1 is 1.21 bits per heavy atom. The molecule has 0 aromatic carbocycles. The van der Waals surface area contributed by atoms with E-state index in [0.29, 0.717) is 17.7 Å². The molecular weight excluding hydrogens is 178 g/mol. The molecule has 0 aliphatic heterocycles. The van der Waals surface area contributed by atoms with Crippen molar-refractivity contribution in [3.63, 3.8) is 0 Å². The molecule has 0 spiro atoms. The molecule has 0 N–H and O–H groups in total. The molecule has 0 saturated heterocycles. The van der Waals surface area contributed by atoms with E-state index < -0.39 is 0 Å². The molecule has 3 heteroatoms. The molecule has 1 aromatic heterocycles. The fourth-order valence-electron chi connectivity index (χ4n) is 1.23. The second kappa shape index (κ2) is 4.84. The zero-order valence-electron chi connectivity index (χ0n) is 9.20. The van der Waals surface area contributed by atoms with Gasteiger partial charge in [0.05, 0.1) is 14.2 Å². The van der Waals surface area contributed by atoms with Crippen molar-refractivity contribution in [3.05, 3.63) is 17.7 Å². The van der Waals surface area contributed by atoms with Crippen molar-refractivity contribution in [1.29, 1.82) is 0 Å². The lowest BCUT2D eigenvalue weighted by atomic mass is 10.00. The zero-order chi connectivity index (χ0) is 10.6. The highest BCUT2D eigenvalue weighted by molar-refractivity contribution is 5.30. The van der Waals surface area contributed by atoms with Crippen LogP contribution in [0.4, 0.5) is 0 Å². The Hall–Kier alpha value is -1.25. The topological polar surface area (TPSA) is 31.4 Å². The summed E-state index contributed by atoms with van der Waals surface area (Å²) < 4.78 is 10.2. The van der Waals surface area contributed by atoms with E-state index in [0.717, 1.165) is 6.42 Å². The molecule has 1 atom stereocenters. The van der Waals surface area contributed by atoms with Gasteiger partial charge in [-0.15, -0.1) is 0 Å². The first-order chi connectivity index (χ1) is 6.71. The normalized spacial score (nSPS) is 12.3. The van der Waals surface area contributed by atoms with Gasteiger partial charge in [0, 0.05) is 12.1 Å². The quantitative estimate of drug-likeness (QED) is 0.740. The molecule has 0 aliphatic rings. The van der Waals surface area contributed by atoms with Crippen LogP contribution in [0.5, 0.6) is 11.8 Å². The maximum atomic E-state index is 5.10. The fraction of sp³-hybridized carbons (Fsp3) is 0.545. The fourth-order valence-corrected chi connectivity index (χ4v) is 1.23. The van der Waals surface area contributed by atoms with E-state index in [-0.39, 0.29) is 0 Å². The molecule has 0 amide bonds. The van der Waals surface area contributed by atoms with Crippen molar-refractivity contribution in [2.24, 2.45) is 0 Å². The second-order valence-electron chi connectivity index (χ2n) is 3.29. The van der Waals surface area contributed by atoms with Crippen molar-refractivity contribution < 1.29 is 9.47 Å². The van der Waals surface area contributed by atoms with Crippen molar-refractivity contribution >= 4 is 0 Å². The van der Waals surface area contributed by atoms with Gasteiger partial charge in [0.1, 0.15) is 0 Å². The molecule has 0 fully saturated rings. The van der Waals surface area contributed by atoms with Gasteiger partial charge in [-0.1, -0.05) is 13.8 Å². The first-order valence-corrected chi connectivity index (χ1v) is 4.81. The number of ether oxygens (including phenoxy) is 2. The predicted octanol–water partition coefficient (Wildman–Crippen LogP) is 2.61. The minimum absolute atomic E-state index is 0.501. The molecule has 0 bridgehead atoms. The lowest BCUT2D eigenvalue weighted by Crippen LogP contribution is -1.97. The average Bonchev–Trinajstić information content (AvgIpc) is 2.27. The van der Waals surface area contributed by atoms with Gasteiger partial charge in [-0.25, -0.2) is 0 Å². The molecule has 1 heterocycles. The highest BCUT2D eigenvalue weighted by Crippen LogP contribution is 2.25. The summed E-state index contributed by atoms with van der Waals surface area (Å²) in [6, 6.07) is 3.91. The monoisotopic (exact) mass is 195 g/mol. The van der Waals surface area contributed by atoms with Gasteiger partial charge in [-0.05, 0) is 17.9 Å². The van der Waals surface area contributed by atoms with E-state index in [1.807, 2.05) is 12.1 Å². The zero-order valence-corrected chi connectivity index (χ0v) is 9.20. The molecule has 1 aromatic rings. The van der Waals surface area contributed by atoms with Crippen LogP contribution in [0.25, 0.3) is 0 Å². The number of methoxy groups -OCH3 is 2. The van der Waals surface area contributed by atoms with Gasteiger partial charge in [0.25, 0.3) is 0 Å². The van der Waals surface area contributed by atoms with Crippen LogP contribution in [0.2, 0.25) is 0 Å². The highest BCUT2D eigenvalue weighted by atomic mass is 16.5. The van der Waals surface area contributed by atoms with E-state index >= 15 is 0 Å². The third-order valence-corrected chi connectivity index (χ3v) is 2.40. The van der Waals surface area contributed by atoms with Crippen LogP contribution in [0.15, 0.2) is 12.1 Å². The molecule has 3 nitrogen and oxygen atoms in total. The van der Waals surface area contributed by atoms with Crippen LogP contribution in [0, 0.1) is 0 Å². The van der Waals surface area contributed by atoms with Gasteiger partial charge < -0.3 is 9.47 Å². The molecular formula is C11H17NO2. The third kappa shape index (κ3) is 2.37. The van der Waals surface area contributed by atoms with Crippen molar-refractivity contribution in [2.75, 3.05) is 14.2 Å². The summed E-state index contributed by atoms with van der Waals surface area (Å²) in [5, 5.41) is 0. The van der Waals surface area contributed by atoms with Crippen LogP contribution < -0.4 is 9.47 Å². The van der Waals surface area contributed by atoms with Crippen LogP contribution >= 0.6 is 0 Å². The first kappa shape index (κ1) is 10.8. The standard InChI is InChI=1S/C11H17NO2/c1-5-8(2)9-6-10(13-3)12-11(7-9)14-4/h6-8H,5H2,1-4H3. The van der Waals surface area contributed by atoms with Crippen LogP contribution in [0.3, 0.4) is 0 Å². The number of nitrogens with zero attached hydrogens (tertiary/aromatic N) is 1.